The van der Waals surface area contributed by atoms with E-state index in [9.17, 15) is 14.7 Å². The molecule has 2 saturated heterocycles. The third kappa shape index (κ3) is 4.51. The Kier molecular flexibility index (Phi) is 7.08. The quantitative estimate of drug-likeness (QED) is 0.413. The maximum Gasteiger partial charge on any atom is 0.238 e. The Balaban J connectivity index is 1.38. The van der Waals surface area contributed by atoms with Gasteiger partial charge < -0.3 is 14.6 Å². The van der Waals surface area contributed by atoms with Crippen LogP contribution >= 0.6 is 0 Å². The molecule has 2 aliphatic heterocycles. The van der Waals surface area contributed by atoms with Crippen LogP contribution in [0.1, 0.15) is 38.2 Å². The number of allylic oxidation sites excluding steroid dienone is 1. The number of phenols is 1. The number of hydrogen-bond donors (Lipinski definition) is 1. The van der Waals surface area contributed by atoms with E-state index in [-0.39, 0.29) is 41.4 Å². The van der Waals surface area contributed by atoms with Gasteiger partial charge in [-0.05, 0) is 66.7 Å². The predicted molar refractivity (Wildman–Crippen MR) is 138 cm³/mol. The molecule has 6 nitrogen and oxygen atoms in total. The summed E-state index contributed by atoms with van der Waals surface area (Å²) in [5.74, 6) is -0.813. The number of aromatic hydroxyl groups is 1. The van der Waals surface area contributed by atoms with Crippen LogP contribution in [0.5, 0.6) is 5.75 Å². The first-order valence-electron chi connectivity index (χ1n) is 12.8. The number of benzene rings is 2. The molecule has 36 heavy (non-hydrogen) atoms. The number of imide groups is 1. The SMILES string of the molecule is CC/C(=C\c1cccc(O)c1)CC[C@H]1OC[C@H]2C1=C(COC)C[C@H]1C(=O)N(c3ccccc3)C(=O)[C@H]12. The summed E-state index contributed by atoms with van der Waals surface area (Å²) < 4.78 is 11.8. The van der Waals surface area contributed by atoms with Crippen LogP contribution in [-0.2, 0) is 19.1 Å². The van der Waals surface area contributed by atoms with Gasteiger partial charge in [-0.15, -0.1) is 0 Å². The highest BCUT2D eigenvalue weighted by Gasteiger charge is 2.57. The van der Waals surface area contributed by atoms with Gasteiger partial charge in [0.2, 0.25) is 11.8 Å². The number of nitrogens with zero attached hydrogens (tertiary/aromatic N) is 1. The number of amides is 2. The molecule has 188 valence electrons. The van der Waals surface area contributed by atoms with Crippen molar-refractivity contribution in [2.45, 2.75) is 38.7 Å². The molecule has 2 aromatic carbocycles. The van der Waals surface area contributed by atoms with E-state index >= 15 is 0 Å². The number of ether oxygens (including phenoxy) is 2. The first-order chi connectivity index (χ1) is 17.5. The van der Waals surface area contributed by atoms with Gasteiger partial charge in [-0.25, -0.2) is 0 Å². The molecule has 6 heteroatoms. The van der Waals surface area contributed by atoms with Crippen LogP contribution in [0.25, 0.3) is 6.08 Å². The molecular formula is C30H33NO5. The number of phenolic OH excluding ortho intramolecular Hbond substituents is 1. The molecule has 3 aliphatic rings. The van der Waals surface area contributed by atoms with E-state index in [2.05, 4.69) is 13.0 Å². The highest BCUT2D eigenvalue weighted by molar-refractivity contribution is 6.22. The monoisotopic (exact) mass is 487 g/mol. The highest BCUT2D eigenvalue weighted by Crippen LogP contribution is 2.50. The van der Waals surface area contributed by atoms with E-state index < -0.39 is 0 Å². The van der Waals surface area contributed by atoms with Gasteiger partial charge in [0.1, 0.15) is 5.75 Å². The molecule has 0 aromatic heterocycles. The molecule has 5 rings (SSSR count). The van der Waals surface area contributed by atoms with Crippen molar-refractivity contribution in [1.29, 1.82) is 0 Å². The Morgan fingerprint density at radius 2 is 1.92 bits per heavy atom. The van der Waals surface area contributed by atoms with Crippen LogP contribution in [0, 0.1) is 17.8 Å². The average Bonchev–Trinajstić information content (AvgIpc) is 3.41. The van der Waals surface area contributed by atoms with Crippen molar-refractivity contribution in [1.82, 2.24) is 0 Å². The lowest BCUT2D eigenvalue weighted by Crippen LogP contribution is -2.35. The summed E-state index contributed by atoms with van der Waals surface area (Å²) in [5.41, 5.74) is 5.17. The zero-order chi connectivity index (χ0) is 25.2. The van der Waals surface area contributed by atoms with Gasteiger partial charge in [-0.3, -0.25) is 14.5 Å². The van der Waals surface area contributed by atoms with Gasteiger partial charge in [0, 0.05) is 13.0 Å². The lowest BCUT2D eigenvalue weighted by Gasteiger charge is -2.31. The number of fused-ring (bicyclic) bond motifs is 3. The number of methoxy groups -OCH3 is 1. The lowest BCUT2D eigenvalue weighted by molar-refractivity contribution is -0.122. The fourth-order valence-corrected chi connectivity index (χ4v) is 6.13. The summed E-state index contributed by atoms with van der Waals surface area (Å²) in [6.45, 7) is 3.03. The minimum absolute atomic E-state index is 0.0890. The molecule has 2 fully saturated rings. The van der Waals surface area contributed by atoms with Crippen LogP contribution in [0.3, 0.4) is 0 Å². The first-order valence-corrected chi connectivity index (χ1v) is 12.8. The summed E-state index contributed by atoms with van der Waals surface area (Å²) >= 11 is 0. The van der Waals surface area contributed by atoms with E-state index in [0.29, 0.717) is 25.3 Å². The lowest BCUT2D eigenvalue weighted by atomic mass is 9.69. The average molecular weight is 488 g/mol. The zero-order valence-electron chi connectivity index (χ0n) is 20.9. The number of carbonyl (C=O) groups is 2. The van der Waals surface area contributed by atoms with Crippen LogP contribution in [0.4, 0.5) is 5.69 Å². The Bertz CT molecular complexity index is 1200. The molecule has 4 atom stereocenters. The zero-order valence-corrected chi connectivity index (χ0v) is 20.9. The fraction of sp³-hybridized carbons (Fsp3) is 0.400. The molecule has 0 saturated carbocycles. The van der Waals surface area contributed by atoms with Crippen molar-refractivity contribution in [3.8, 4) is 5.75 Å². The van der Waals surface area contributed by atoms with Crippen molar-refractivity contribution in [3.63, 3.8) is 0 Å². The Labute approximate surface area is 212 Å². The topological polar surface area (TPSA) is 76.1 Å². The van der Waals surface area contributed by atoms with Gasteiger partial charge in [0.15, 0.2) is 0 Å². The van der Waals surface area contributed by atoms with Gasteiger partial charge >= 0.3 is 0 Å². The fourth-order valence-electron chi connectivity index (χ4n) is 6.13. The van der Waals surface area contributed by atoms with Gasteiger partial charge in [0.25, 0.3) is 0 Å². The molecule has 2 aromatic rings. The maximum absolute atomic E-state index is 13.6. The van der Waals surface area contributed by atoms with Crippen LogP contribution in [-0.4, -0.2) is 43.3 Å². The van der Waals surface area contributed by atoms with Crippen LogP contribution in [0.2, 0.25) is 0 Å². The summed E-state index contributed by atoms with van der Waals surface area (Å²) in [6, 6.07) is 16.5. The third-order valence-corrected chi connectivity index (χ3v) is 7.76. The van der Waals surface area contributed by atoms with E-state index in [1.807, 2.05) is 42.5 Å². The second-order valence-electron chi connectivity index (χ2n) is 9.89. The Morgan fingerprint density at radius 3 is 2.64 bits per heavy atom. The first kappa shape index (κ1) is 24.5. The molecule has 2 heterocycles. The maximum atomic E-state index is 13.6. The molecule has 2 amide bonds. The van der Waals surface area contributed by atoms with E-state index in [1.165, 1.54) is 16.0 Å². The Hall–Kier alpha value is -3.22. The molecule has 0 radical (unpaired) electrons. The molecule has 0 bridgehead atoms. The number of carbonyl (C=O) groups excluding carboxylic acids is 2. The van der Waals surface area contributed by atoms with Crippen molar-refractivity contribution in [2.75, 3.05) is 25.2 Å². The predicted octanol–water partition coefficient (Wildman–Crippen LogP) is 5.13. The van der Waals surface area contributed by atoms with Crippen molar-refractivity contribution in [3.05, 3.63) is 76.9 Å². The van der Waals surface area contributed by atoms with E-state index in [0.717, 1.165) is 30.4 Å². The molecule has 1 N–H and O–H groups in total. The number of hydrogen-bond acceptors (Lipinski definition) is 5. The molecule has 0 spiro atoms. The van der Waals surface area contributed by atoms with Gasteiger partial charge in [0.05, 0.1) is 36.8 Å². The number of anilines is 1. The number of para-hydroxylation sites is 1. The van der Waals surface area contributed by atoms with E-state index in [1.54, 1.807) is 19.2 Å². The minimum atomic E-state index is -0.383. The smallest absolute Gasteiger partial charge is 0.238 e. The van der Waals surface area contributed by atoms with Crippen LogP contribution < -0.4 is 4.90 Å². The minimum Gasteiger partial charge on any atom is -0.508 e. The largest absolute Gasteiger partial charge is 0.508 e. The third-order valence-electron chi connectivity index (χ3n) is 7.76. The highest BCUT2D eigenvalue weighted by atomic mass is 16.5. The van der Waals surface area contributed by atoms with E-state index in [4.69, 9.17) is 9.47 Å². The summed E-state index contributed by atoms with van der Waals surface area (Å²) in [5, 5.41) is 9.79. The normalized spacial score (nSPS) is 25.9. The molecule has 1 aliphatic carbocycles. The summed E-state index contributed by atoms with van der Waals surface area (Å²) in [7, 11) is 1.67. The second kappa shape index (κ2) is 10.4. The van der Waals surface area contributed by atoms with Crippen molar-refractivity contribution in [2.24, 2.45) is 17.8 Å². The Morgan fingerprint density at radius 1 is 1.11 bits per heavy atom. The van der Waals surface area contributed by atoms with Gasteiger partial charge in [-0.1, -0.05) is 48.9 Å². The summed E-state index contributed by atoms with van der Waals surface area (Å²) in [4.78, 5) is 28.3. The summed E-state index contributed by atoms with van der Waals surface area (Å²) in [6.07, 6.45) is 5.14. The van der Waals surface area contributed by atoms with Crippen LogP contribution in [0.15, 0.2) is 71.3 Å². The molecular weight excluding hydrogens is 454 g/mol. The number of rotatable bonds is 8. The standard InChI is InChI=1S/C30H33NO5/c1-3-19(14-20-8-7-11-23(32)15-20)12-13-26-27-21(17-35-2)16-24-28(25(27)18-36-26)30(34)31(29(24)33)22-9-5-4-6-10-22/h4-11,14-15,24-26,28,32H,3,12-13,16-18H2,1-2H3/b19-14+/t24-,25+,26-,28-/m1/s1. The van der Waals surface area contributed by atoms with Crippen molar-refractivity contribution < 1.29 is 24.2 Å². The molecule has 0 unspecified atom stereocenters. The van der Waals surface area contributed by atoms with Gasteiger partial charge in [-0.2, -0.15) is 0 Å². The second-order valence-corrected chi connectivity index (χ2v) is 9.89. The van der Waals surface area contributed by atoms with Crippen molar-refractivity contribution >= 4 is 23.6 Å².